The zero-order chi connectivity index (χ0) is 20.4. The van der Waals surface area contributed by atoms with E-state index in [1.807, 2.05) is 24.3 Å². The summed E-state index contributed by atoms with van der Waals surface area (Å²) in [6.07, 6.45) is 2.58. The third-order valence-corrected chi connectivity index (χ3v) is 5.23. The molecule has 0 atom stereocenters. The maximum Gasteiger partial charge on any atom is 0.163 e. The number of hydrogen-bond acceptors (Lipinski definition) is 3. The number of hydrogen-bond donors (Lipinski definition) is 1. The molecule has 0 saturated carbocycles. The number of nitrogens with one attached hydrogen (secondary N) is 1. The van der Waals surface area contributed by atoms with E-state index in [1.54, 1.807) is 12.1 Å². The van der Waals surface area contributed by atoms with Gasteiger partial charge in [0.1, 0.15) is 18.2 Å². The molecule has 1 fully saturated rings. The van der Waals surface area contributed by atoms with Crippen molar-refractivity contribution in [1.29, 1.82) is 0 Å². The van der Waals surface area contributed by atoms with Gasteiger partial charge in [0.05, 0.1) is 0 Å². The van der Waals surface area contributed by atoms with Crippen molar-refractivity contribution in [3.8, 4) is 5.75 Å². The summed E-state index contributed by atoms with van der Waals surface area (Å²) in [5.41, 5.74) is 1.78. The highest BCUT2D eigenvalue weighted by Crippen LogP contribution is 2.35. The van der Waals surface area contributed by atoms with E-state index in [-0.39, 0.29) is 22.7 Å². The Morgan fingerprint density at radius 1 is 1.07 bits per heavy atom. The van der Waals surface area contributed by atoms with Crippen molar-refractivity contribution in [2.45, 2.75) is 64.6 Å². The van der Waals surface area contributed by atoms with Gasteiger partial charge in [0.2, 0.25) is 0 Å². The Bertz CT molecular complexity index is 811. The van der Waals surface area contributed by atoms with Crippen molar-refractivity contribution in [3.05, 3.63) is 65.5 Å². The molecule has 2 aromatic carbocycles. The Balaban J connectivity index is 1.57. The highest BCUT2D eigenvalue weighted by Gasteiger charge is 2.38. The second-order valence-electron chi connectivity index (χ2n) is 9.24. The van der Waals surface area contributed by atoms with Crippen LogP contribution in [0, 0.1) is 11.7 Å². The number of benzene rings is 2. The van der Waals surface area contributed by atoms with Crippen LogP contribution in [0.15, 0.2) is 48.5 Å². The molecule has 4 heteroatoms. The Morgan fingerprint density at radius 3 is 2.32 bits per heavy atom. The number of piperidine rings is 1. The predicted octanol–water partition coefficient (Wildman–Crippen LogP) is 5.53. The van der Waals surface area contributed by atoms with Crippen molar-refractivity contribution in [2.24, 2.45) is 5.92 Å². The highest BCUT2D eigenvalue weighted by atomic mass is 19.1. The quantitative estimate of drug-likeness (QED) is 0.666. The average Bonchev–Trinajstić information content (AvgIpc) is 2.57. The highest BCUT2D eigenvalue weighted by molar-refractivity contribution is 5.96. The molecule has 0 aliphatic carbocycles. The minimum atomic E-state index is -0.317. The van der Waals surface area contributed by atoms with Gasteiger partial charge in [-0.15, -0.1) is 0 Å². The summed E-state index contributed by atoms with van der Waals surface area (Å²) in [7, 11) is 0. The summed E-state index contributed by atoms with van der Waals surface area (Å²) in [5, 5.41) is 3.66. The first-order valence-corrected chi connectivity index (χ1v) is 9.92. The van der Waals surface area contributed by atoms with Crippen LogP contribution in [0.2, 0.25) is 0 Å². The van der Waals surface area contributed by atoms with Crippen LogP contribution in [0.5, 0.6) is 5.75 Å². The second-order valence-corrected chi connectivity index (χ2v) is 9.24. The first kappa shape index (κ1) is 20.5. The Kier molecular flexibility index (Phi) is 5.90. The van der Waals surface area contributed by atoms with Crippen LogP contribution in [0.3, 0.4) is 0 Å². The van der Waals surface area contributed by atoms with Crippen LogP contribution in [-0.2, 0) is 6.61 Å². The van der Waals surface area contributed by atoms with E-state index in [9.17, 15) is 9.18 Å². The van der Waals surface area contributed by atoms with Gasteiger partial charge in [-0.3, -0.25) is 4.79 Å². The zero-order valence-electron chi connectivity index (χ0n) is 17.2. The van der Waals surface area contributed by atoms with Crippen LogP contribution < -0.4 is 10.1 Å². The average molecular weight is 384 g/mol. The van der Waals surface area contributed by atoms with Crippen molar-refractivity contribution >= 4 is 5.78 Å². The molecule has 3 nitrogen and oxygen atoms in total. The van der Waals surface area contributed by atoms with Crippen molar-refractivity contribution < 1.29 is 13.9 Å². The minimum absolute atomic E-state index is 0.0464. The normalized spacial score (nSPS) is 18.6. The van der Waals surface area contributed by atoms with Crippen LogP contribution >= 0.6 is 0 Å². The van der Waals surface area contributed by atoms with Gasteiger partial charge in [0.25, 0.3) is 0 Å². The van der Waals surface area contributed by atoms with Crippen LogP contribution in [0.25, 0.3) is 0 Å². The summed E-state index contributed by atoms with van der Waals surface area (Å²) < 4.78 is 18.8. The minimum Gasteiger partial charge on any atom is -0.489 e. The molecule has 1 heterocycles. The van der Waals surface area contributed by atoms with Crippen LogP contribution in [0.4, 0.5) is 4.39 Å². The van der Waals surface area contributed by atoms with Crippen molar-refractivity contribution in [1.82, 2.24) is 5.32 Å². The lowest BCUT2D eigenvalue weighted by molar-refractivity contribution is 0.0864. The third-order valence-electron chi connectivity index (χ3n) is 5.23. The maximum absolute atomic E-state index is 13.2. The van der Waals surface area contributed by atoms with Gasteiger partial charge in [0.15, 0.2) is 5.78 Å². The number of carbonyl (C=O) groups excluding carboxylic acids is 1. The van der Waals surface area contributed by atoms with E-state index in [2.05, 4.69) is 33.0 Å². The number of rotatable bonds is 6. The topological polar surface area (TPSA) is 38.3 Å². The molecule has 0 amide bonds. The number of ether oxygens (including phenoxy) is 1. The fraction of sp³-hybridized carbons (Fsp3) is 0.458. The van der Waals surface area contributed by atoms with Gasteiger partial charge in [0, 0.05) is 29.1 Å². The maximum atomic E-state index is 13.2. The molecule has 28 heavy (non-hydrogen) atoms. The van der Waals surface area contributed by atoms with Gasteiger partial charge in [-0.2, -0.15) is 0 Å². The monoisotopic (exact) mass is 383 g/mol. The third kappa shape index (κ3) is 5.65. The standard InChI is InChI=1S/C24H30FNO2/c1-23(2)14-18(15-24(3,4)26-23)12-22(27)19-10-8-17(9-11-19)16-28-21-7-5-6-20(25)13-21/h5-11,13,18,26H,12,14-16H2,1-4H3. The summed E-state index contributed by atoms with van der Waals surface area (Å²) in [6, 6.07) is 13.6. The largest absolute Gasteiger partial charge is 0.489 e. The first-order chi connectivity index (χ1) is 13.1. The van der Waals surface area contributed by atoms with Crippen molar-refractivity contribution in [2.75, 3.05) is 0 Å². The molecule has 0 spiro atoms. The van der Waals surface area contributed by atoms with Gasteiger partial charge < -0.3 is 10.1 Å². The fourth-order valence-corrected chi connectivity index (χ4v) is 4.57. The molecule has 1 N–H and O–H groups in total. The summed E-state index contributed by atoms with van der Waals surface area (Å²) in [6.45, 7) is 9.17. The lowest BCUT2D eigenvalue weighted by Gasteiger charge is -2.46. The van der Waals surface area contributed by atoms with E-state index in [4.69, 9.17) is 4.74 Å². The molecule has 0 radical (unpaired) electrons. The van der Waals surface area contributed by atoms with E-state index in [1.165, 1.54) is 12.1 Å². The summed E-state index contributed by atoms with van der Waals surface area (Å²) in [4.78, 5) is 12.8. The Morgan fingerprint density at radius 2 is 1.71 bits per heavy atom. The van der Waals surface area contributed by atoms with E-state index in [0.29, 0.717) is 24.7 Å². The SMILES string of the molecule is CC1(C)CC(CC(=O)c2ccc(COc3cccc(F)c3)cc2)CC(C)(C)N1. The number of Topliss-reactive ketones (excluding diaryl/α,β-unsaturated/α-hetero) is 1. The molecular weight excluding hydrogens is 353 g/mol. The Labute approximate surface area is 167 Å². The molecule has 0 unspecified atom stereocenters. The Hall–Kier alpha value is -2.20. The molecular formula is C24H30FNO2. The lowest BCUT2D eigenvalue weighted by atomic mass is 9.74. The molecule has 2 aromatic rings. The molecule has 150 valence electrons. The van der Waals surface area contributed by atoms with Crippen LogP contribution in [-0.4, -0.2) is 16.9 Å². The number of halogens is 1. The smallest absolute Gasteiger partial charge is 0.163 e. The molecule has 3 rings (SSSR count). The predicted molar refractivity (Wildman–Crippen MR) is 110 cm³/mol. The number of ketones is 1. The summed E-state index contributed by atoms with van der Waals surface area (Å²) in [5.74, 6) is 0.754. The zero-order valence-corrected chi connectivity index (χ0v) is 17.2. The molecule has 1 saturated heterocycles. The van der Waals surface area contributed by atoms with Gasteiger partial charge in [-0.1, -0.05) is 30.3 Å². The van der Waals surface area contributed by atoms with E-state index < -0.39 is 0 Å². The van der Waals surface area contributed by atoms with Gasteiger partial charge in [-0.05, 0) is 64.2 Å². The molecule has 0 bridgehead atoms. The lowest BCUT2D eigenvalue weighted by Crippen LogP contribution is -2.57. The second kappa shape index (κ2) is 8.04. The van der Waals surface area contributed by atoms with Crippen LogP contribution in [0.1, 0.15) is 62.9 Å². The van der Waals surface area contributed by atoms with Gasteiger partial charge >= 0.3 is 0 Å². The number of carbonyl (C=O) groups is 1. The summed E-state index contributed by atoms with van der Waals surface area (Å²) >= 11 is 0. The van der Waals surface area contributed by atoms with Gasteiger partial charge in [-0.25, -0.2) is 4.39 Å². The molecule has 1 aliphatic rings. The molecule has 0 aromatic heterocycles. The first-order valence-electron chi connectivity index (χ1n) is 9.92. The van der Waals surface area contributed by atoms with E-state index in [0.717, 1.165) is 24.0 Å². The molecule has 1 aliphatic heterocycles. The fourth-order valence-electron chi connectivity index (χ4n) is 4.57. The van der Waals surface area contributed by atoms with E-state index >= 15 is 0 Å². The van der Waals surface area contributed by atoms with Crippen molar-refractivity contribution in [3.63, 3.8) is 0 Å².